The van der Waals surface area contributed by atoms with Gasteiger partial charge in [-0.3, -0.25) is 9.97 Å². The van der Waals surface area contributed by atoms with Crippen molar-refractivity contribution < 1.29 is 4.57 Å². The topological polar surface area (TPSA) is 29.7 Å². The van der Waals surface area contributed by atoms with E-state index in [1.165, 1.54) is 39.1 Å². The molecule has 3 heterocycles. The summed E-state index contributed by atoms with van der Waals surface area (Å²) < 4.78 is 2.31. The Hall–Kier alpha value is -4.89. The zero-order valence-corrected chi connectivity index (χ0v) is 22.4. The van der Waals surface area contributed by atoms with Crippen LogP contribution in [0.25, 0.3) is 33.8 Å². The predicted octanol–water partition coefficient (Wildman–Crippen LogP) is 8.12. The minimum Gasteiger partial charge on any atom is -0.256 e. The lowest BCUT2D eigenvalue weighted by Crippen LogP contribution is -2.36. The first kappa shape index (κ1) is 25.7. The Balaban J connectivity index is 0.000000198. The van der Waals surface area contributed by atoms with Crippen molar-refractivity contribution in [2.24, 2.45) is 0 Å². The van der Waals surface area contributed by atoms with Crippen LogP contribution in [0.3, 0.4) is 0 Å². The Morgan fingerprint density at radius 2 is 1.00 bits per heavy atom. The van der Waals surface area contributed by atoms with E-state index in [-0.39, 0.29) is 0 Å². The maximum Gasteiger partial charge on any atom is 0.213 e. The van der Waals surface area contributed by atoms with Crippen LogP contribution < -0.4 is 4.57 Å². The van der Waals surface area contributed by atoms with E-state index in [1.807, 2.05) is 54.9 Å². The third-order valence-corrected chi connectivity index (χ3v) is 6.75. The van der Waals surface area contributed by atoms with Crippen molar-refractivity contribution in [2.45, 2.75) is 20.4 Å². The molecule has 190 valence electrons. The van der Waals surface area contributed by atoms with Crippen molar-refractivity contribution in [3.05, 3.63) is 163 Å². The fraction of sp³-hybridized carbons (Fsp3) is 0.0833. The standard InChI is InChI=1S/C24H21N2.C12H11N/c1-19-10-2-4-12-21(19)24-15-7-9-17-26(24)18-20-11-3-5-13-22(20)23-14-6-8-16-25-23;1-10-6-2-3-7-11(10)12-8-4-5-9-13-12/h2-17H,18H2,1H3;2-9H,1H3/q+1;. The normalized spacial score (nSPS) is 10.4. The third-order valence-electron chi connectivity index (χ3n) is 6.75. The summed E-state index contributed by atoms with van der Waals surface area (Å²) in [6.07, 6.45) is 5.82. The highest BCUT2D eigenvalue weighted by molar-refractivity contribution is 5.64. The van der Waals surface area contributed by atoms with Crippen molar-refractivity contribution in [3.8, 4) is 33.8 Å². The van der Waals surface area contributed by atoms with Crippen LogP contribution >= 0.6 is 0 Å². The molecule has 0 N–H and O–H groups in total. The summed E-state index contributed by atoms with van der Waals surface area (Å²) in [5.41, 5.74) is 10.7. The number of aromatic nitrogens is 3. The maximum absolute atomic E-state index is 4.54. The van der Waals surface area contributed by atoms with Gasteiger partial charge in [0.05, 0.1) is 11.4 Å². The molecule has 0 atom stereocenters. The van der Waals surface area contributed by atoms with Crippen LogP contribution in [0.4, 0.5) is 0 Å². The van der Waals surface area contributed by atoms with Crippen LogP contribution in [0.5, 0.6) is 0 Å². The summed E-state index contributed by atoms with van der Waals surface area (Å²) in [6.45, 7) is 5.07. The molecule has 0 aliphatic rings. The minimum absolute atomic E-state index is 0.803. The Morgan fingerprint density at radius 1 is 0.487 bits per heavy atom. The highest BCUT2D eigenvalue weighted by Crippen LogP contribution is 2.24. The van der Waals surface area contributed by atoms with Crippen LogP contribution in [-0.2, 0) is 6.54 Å². The molecule has 0 saturated heterocycles. The lowest BCUT2D eigenvalue weighted by molar-refractivity contribution is -0.677. The van der Waals surface area contributed by atoms with Gasteiger partial charge in [-0.2, -0.15) is 4.57 Å². The summed E-state index contributed by atoms with van der Waals surface area (Å²) in [5.74, 6) is 0. The Kier molecular flexibility index (Phi) is 8.30. The molecular weight excluding hydrogens is 474 g/mol. The van der Waals surface area contributed by atoms with Gasteiger partial charge in [-0.15, -0.1) is 0 Å². The fourth-order valence-corrected chi connectivity index (χ4v) is 4.72. The molecule has 3 heteroatoms. The van der Waals surface area contributed by atoms with E-state index >= 15 is 0 Å². The summed E-state index contributed by atoms with van der Waals surface area (Å²) in [7, 11) is 0. The lowest BCUT2D eigenvalue weighted by atomic mass is 10.0. The van der Waals surface area contributed by atoms with Gasteiger partial charge in [0.15, 0.2) is 12.7 Å². The second-order valence-corrected chi connectivity index (χ2v) is 9.43. The van der Waals surface area contributed by atoms with E-state index in [9.17, 15) is 0 Å². The molecule has 0 unspecified atom stereocenters. The van der Waals surface area contributed by atoms with Gasteiger partial charge >= 0.3 is 0 Å². The van der Waals surface area contributed by atoms with E-state index in [1.54, 1.807) is 0 Å². The van der Waals surface area contributed by atoms with Crippen molar-refractivity contribution in [1.29, 1.82) is 0 Å². The molecule has 0 radical (unpaired) electrons. The average Bonchev–Trinajstić information content (AvgIpc) is 3.00. The molecule has 0 saturated carbocycles. The highest BCUT2D eigenvalue weighted by atomic mass is 15.0. The monoisotopic (exact) mass is 506 g/mol. The molecule has 6 rings (SSSR count). The van der Waals surface area contributed by atoms with Gasteiger partial charge in [-0.25, -0.2) is 0 Å². The van der Waals surface area contributed by atoms with Crippen LogP contribution in [0.15, 0.2) is 146 Å². The quantitative estimate of drug-likeness (QED) is 0.221. The molecule has 39 heavy (non-hydrogen) atoms. The maximum atomic E-state index is 4.54. The molecule has 0 fully saturated rings. The predicted molar refractivity (Wildman–Crippen MR) is 160 cm³/mol. The van der Waals surface area contributed by atoms with Crippen LogP contribution in [0.1, 0.15) is 16.7 Å². The van der Waals surface area contributed by atoms with Crippen molar-refractivity contribution in [2.75, 3.05) is 0 Å². The first-order valence-electron chi connectivity index (χ1n) is 13.2. The van der Waals surface area contributed by atoms with E-state index in [0.29, 0.717) is 0 Å². The third kappa shape index (κ3) is 6.34. The van der Waals surface area contributed by atoms with Gasteiger partial charge in [-0.1, -0.05) is 78.9 Å². The molecule has 6 aromatic rings. The fourth-order valence-electron chi connectivity index (χ4n) is 4.72. The van der Waals surface area contributed by atoms with Gasteiger partial charge in [0, 0.05) is 46.8 Å². The Bertz CT molecular complexity index is 1640. The average molecular weight is 507 g/mol. The SMILES string of the molecule is Cc1ccccc1-c1cccc[n+]1Cc1ccccc1-c1ccccn1.Cc1ccccc1-c1ccccn1. The first-order valence-corrected chi connectivity index (χ1v) is 13.2. The van der Waals surface area contributed by atoms with E-state index in [0.717, 1.165) is 17.9 Å². The largest absolute Gasteiger partial charge is 0.256 e. The molecule has 3 aromatic carbocycles. The summed E-state index contributed by atoms with van der Waals surface area (Å²) in [6, 6.07) is 43.7. The number of hydrogen-bond acceptors (Lipinski definition) is 2. The smallest absolute Gasteiger partial charge is 0.213 e. The van der Waals surface area contributed by atoms with Gasteiger partial charge < -0.3 is 0 Å². The molecule has 3 aromatic heterocycles. The summed E-state index contributed by atoms with van der Waals surface area (Å²) >= 11 is 0. The van der Waals surface area contributed by atoms with E-state index in [2.05, 4.69) is 120 Å². The first-order chi connectivity index (χ1) is 19.2. The van der Waals surface area contributed by atoms with Crippen LogP contribution in [0, 0.1) is 13.8 Å². The van der Waals surface area contributed by atoms with Crippen molar-refractivity contribution in [3.63, 3.8) is 0 Å². The number of nitrogens with zero attached hydrogens (tertiary/aromatic N) is 3. The Morgan fingerprint density at radius 3 is 1.62 bits per heavy atom. The molecule has 0 aliphatic carbocycles. The lowest BCUT2D eigenvalue weighted by Gasteiger charge is -2.10. The minimum atomic E-state index is 0.803. The van der Waals surface area contributed by atoms with E-state index in [4.69, 9.17) is 0 Å². The second kappa shape index (κ2) is 12.6. The molecule has 0 bridgehead atoms. The highest BCUT2D eigenvalue weighted by Gasteiger charge is 2.16. The number of benzene rings is 3. The van der Waals surface area contributed by atoms with E-state index < -0.39 is 0 Å². The van der Waals surface area contributed by atoms with Crippen LogP contribution in [-0.4, -0.2) is 9.97 Å². The van der Waals surface area contributed by atoms with Gasteiger partial charge in [0.25, 0.3) is 0 Å². The van der Waals surface area contributed by atoms with Crippen molar-refractivity contribution >= 4 is 0 Å². The molecule has 3 nitrogen and oxygen atoms in total. The Labute approximate surface area is 231 Å². The molecular formula is C36H32N3+. The molecule has 0 aliphatic heterocycles. The molecule has 0 amide bonds. The zero-order chi connectivity index (χ0) is 26.9. The molecule has 0 spiro atoms. The number of rotatable bonds is 5. The van der Waals surface area contributed by atoms with Gasteiger partial charge in [0.1, 0.15) is 0 Å². The van der Waals surface area contributed by atoms with Gasteiger partial charge in [0.2, 0.25) is 5.69 Å². The number of aryl methyl sites for hydroxylation is 2. The summed E-state index contributed by atoms with van der Waals surface area (Å²) in [5, 5.41) is 0. The van der Waals surface area contributed by atoms with Gasteiger partial charge in [-0.05, 0) is 61.4 Å². The zero-order valence-electron chi connectivity index (χ0n) is 22.4. The number of hydrogen-bond donors (Lipinski definition) is 0. The van der Waals surface area contributed by atoms with Crippen LogP contribution in [0.2, 0.25) is 0 Å². The summed E-state index contributed by atoms with van der Waals surface area (Å²) in [4.78, 5) is 8.85. The second-order valence-electron chi connectivity index (χ2n) is 9.43. The number of pyridine rings is 3. The van der Waals surface area contributed by atoms with Crippen molar-refractivity contribution in [1.82, 2.24) is 9.97 Å².